The Balaban J connectivity index is 2.10. The number of ether oxygens (including phenoxy) is 2. The second kappa shape index (κ2) is 11.0. The number of fused-ring (bicyclic) bond motifs is 1. The van der Waals surface area contributed by atoms with Gasteiger partial charge in [0.25, 0.3) is 0 Å². The number of nitrogens with zero attached hydrogens (tertiary/aromatic N) is 3. The van der Waals surface area contributed by atoms with E-state index in [1.54, 1.807) is 25.1 Å². The fourth-order valence-corrected chi connectivity index (χ4v) is 4.06. The summed E-state index contributed by atoms with van der Waals surface area (Å²) in [5.74, 6) is -1.22. The average Bonchev–Trinajstić information content (AvgIpc) is 2.93. The average molecular weight is 501 g/mol. The lowest BCUT2D eigenvalue weighted by molar-refractivity contribution is -0.133. The third-order valence-corrected chi connectivity index (χ3v) is 5.92. The molecule has 4 rings (SSSR count). The molecule has 0 aliphatic heterocycles. The first-order valence-electron chi connectivity index (χ1n) is 11.1. The molecule has 2 aromatic carbocycles. The molecular formula is C27H24N4O4S. The Morgan fingerprint density at radius 1 is 0.972 bits per heavy atom. The summed E-state index contributed by atoms with van der Waals surface area (Å²) in [6, 6.07) is 19.9. The van der Waals surface area contributed by atoms with E-state index < -0.39 is 11.9 Å². The molecule has 0 aliphatic rings. The Hall–Kier alpha value is -4.24. The number of carbonyl (C=O) groups excluding carboxylic acids is 2. The summed E-state index contributed by atoms with van der Waals surface area (Å²) in [5.41, 5.74) is 9.23. The maximum Gasteiger partial charge on any atom is 0.342 e. The lowest BCUT2D eigenvalue weighted by Crippen LogP contribution is -2.15. The standard InChI is InChI=1S/C27H24N4O4S/c1-4-35-25(32)19-15-18-23(20(26(33)34-2)21(28)16-11-7-5-8-12-16)30-27(36-3)31-24(18)29-22(19)17-13-9-6-10-14-17/h5-15H,4,28H2,1-3H3/b21-20-. The van der Waals surface area contributed by atoms with Crippen LogP contribution in [0.4, 0.5) is 0 Å². The van der Waals surface area contributed by atoms with Crippen molar-refractivity contribution in [1.82, 2.24) is 15.0 Å². The third kappa shape index (κ3) is 4.92. The number of nitrogens with two attached hydrogens (primary N) is 1. The quantitative estimate of drug-likeness (QED) is 0.168. The van der Waals surface area contributed by atoms with Crippen molar-refractivity contribution in [2.45, 2.75) is 12.1 Å². The Labute approximate surface area is 212 Å². The van der Waals surface area contributed by atoms with Gasteiger partial charge in [0.15, 0.2) is 10.8 Å². The highest BCUT2D eigenvalue weighted by Gasteiger charge is 2.26. The first kappa shape index (κ1) is 24.9. The molecule has 4 aromatic rings. The van der Waals surface area contributed by atoms with Crippen molar-refractivity contribution in [3.05, 3.63) is 83.6 Å². The van der Waals surface area contributed by atoms with Crippen LogP contribution >= 0.6 is 11.8 Å². The number of rotatable bonds is 7. The molecular weight excluding hydrogens is 476 g/mol. The van der Waals surface area contributed by atoms with Gasteiger partial charge in [-0.3, -0.25) is 0 Å². The normalized spacial score (nSPS) is 11.6. The van der Waals surface area contributed by atoms with Gasteiger partial charge in [0.1, 0.15) is 5.57 Å². The van der Waals surface area contributed by atoms with E-state index in [4.69, 9.17) is 20.2 Å². The van der Waals surface area contributed by atoms with Crippen LogP contribution in [-0.4, -0.2) is 46.9 Å². The summed E-state index contributed by atoms with van der Waals surface area (Å²) in [7, 11) is 1.27. The summed E-state index contributed by atoms with van der Waals surface area (Å²) < 4.78 is 10.4. The van der Waals surface area contributed by atoms with Gasteiger partial charge in [0.05, 0.1) is 36.4 Å². The van der Waals surface area contributed by atoms with E-state index in [1.165, 1.54) is 18.9 Å². The van der Waals surface area contributed by atoms with Gasteiger partial charge >= 0.3 is 11.9 Å². The first-order chi connectivity index (χ1) is 17.5. The predicted molar refractivity (Wildman–Crippen MR) is 140 cm³/mol. The maximum atomic E-state index is 13.0. The minimum absolute atomic E-state index is 0.0514. The van der Waals surface area contributed by atoms with E-state index in [2.05, 4.69) is 9.97 Å². The van der Waals surface area contributed by atoms with Crippen LogP contribution in [0.25, 0.3) is 33.6 Å². The van der Waals surface area contributed by atoms with Crippen molar-refractivity contribution in [1.29, 1.82) is 0 Å². The molecule has 0 fully saturated rings. The first-order valence-corrected chi connectivity index (χ1v) is 12.3. The number of hydrogen-bond donors (Lipinski definition) is 1. The molecule has 9 heteroatoms. The van der Waals surface area contributed by atoms with Crippen LogP contribution in [-0.2, 0) is 14.3 Å². The second-order valence-corrected chi connectivity index (χ2v) is 8.32. The van der Waals surface area contributed by atoms with Crippen molar-refractivity contribution < 1.29 is 19.1 Å². The molecule has 36 heavy (non-hydrogen) atoms. The number of esters is 2. The van der Waals surface area contributed by atoms with E-state index in [-0.39, 0.29) is 29.1 Å². The monoisotopic (exact) mass is 500 g/mol. The van der Waals surface area contributed by atoms with Gasteiger partial charge in [0, 0.05) is 10.9 Å². The minimum Gasteiger partial charge on any atom is -0.465 e. The van der Waals surface area contributed by atoms with Gasteiger partial charge < -0.3 is 15.2 Å². The van der Waals surface area contributed by atoms with Crippen LogP contribution in [0.2, 0.25) is 0 Å². The highest BCUT2D eigenvalue weighted by Crippen LogP contribution is 2.33. The fraction of sp³-hybridized carbons (Fsp3) is 0.148. The zero-order valence-corrected chi connectivity index (χ0v) is 20.8. The van der Waals surface area contributed by atoms with Crippen molar-refractivity contribution in [2.24, 2.45) is 5.73 Å². The van der Waals surface area contributed by atoms with Gasteiger partial charge in [-0.2, -0.15) is 0 Å². The molecule has 0 atom stereocenters. The zero-order chi connectivity index (χ0) is 25.7. The number of hydrogen-bond acceptors (Lipinski definition) is 9. The third-order valence-electron chi connectivity index (χ3n) is 5.37. The fourth-order valence-electron chi connectivity index (χ4n) is 3.70. The van der Waals surface area contributed by atoms with Gasteiger partial charge in [0.2, 0.25) is 0 Å². The Morgan fingerprint density at radius 2 is 1.64 bits per heavy atom. The Morgan fingerprint density at radius 3 is 2.25 bits per heavy atom. The molecule has 0 spiro atoms. The number of benzene rings is 2. The smallest absolute Gasteiger partial charge is 0.342 e. The van der Waals surface area contributed by atoms with Gasteiger partial charge in [-0.1, -0.05) is 72.4 Å². The van der Waals surface area contributed by atoms with E-state index >= 15 is 0 Å². The highest BCUT2D eigenvalue weighted by atomic mass is 32.2. The molecule has 2 heterocycles. The van der Waals surface area contributed by atoms with Crippen LogP contribution in [0, 0.1) is 0 Å². The van der Waals surface area contributed by atoms with E-state index in [0.29, 0.717) is 27.4 Å². The molecule has 0 aliphatic carbocycles. The molecule has 2 aromatic heterocycles. The maximum absolute atomic E-state index is 13.0. The van der Waals surface area contributed by atoms with E-state index in [1.807, 2.05) is 54.8 Å². The van der Waals surface area contributed by atoms with Crippen LogP contribution in [0.1, 0.15) is 28.5 Å². The zero-order valence-electron chi connectivity index (χ0n) is 20.0. The molecule has 0 amide bonds. The molecule has 0 saturated carbocycles. The molecule has 8 nitrogen and oxygen atoms in total. The summed E-state index contributed by atoms with van der Waals surface area (Å²) in [4.78, 5) is 39.9. The van der Waals surface area contributed by atoms with Crippen LogP contribution in [0.3, 0.4) is 0 Å². The Bertz CT molecular complexity index is 1460. The van der Waals surface area contributed by atoms with Crippen molar-refractivity contribution in [3.63, 3.8) is 0 Å². The highest BCUT2D eigenvalue weighted by molar-refractivity contribution is 7.98. The van der Waals surface area contributed by atoms with Crippen molar-refractivity contribution >= 4 is 46.0 Å². The van der Waals surface area contributed by atoms with Crippen LogP contribution in [0.15, 0.2) is 71.9 Å². The summed E-state index contributed by atoms with van der Waals surface area (Å²) >= 11 is 1.29. The molecule has 2 N–H and O–H groups in total. The Kier molecular flexibility index (Phi) is 7.60. The molecule has 0 radical (unpaired) electrons. The minimum atomic E-state index is -0.673. The van der Waals surface area contributed by atoms with Gasteiger partial charge in [-0.25, -0.2) is 24.5 Å². The number of thioether (sulfide) groups is 1. The number of carbonyl (C=O) groups is 2. The molecule has 0 saturated heterocycles. The van der Waals surface area contributed by atoms with Gasteiger partial charge in [-0.05, 0) is 24.8 Å². The van der Waals surface area contributed by atoms with Crippen LogP contribution in [0.5, 0.6) is 0 Å². The molecule has 182 valence electrons. The molecule has 0 bridgehead atoms. The molecule has 0 unspecified atom stereocenters. The van der Waals surface area contributed by atoms with E-state index in [9.17, 15) is 9.59 Å². The lowest BCUT2D eigenvalue weighted by atomic mass is 9.99. The summed E-state index contributed by atoms with van der Waals surface area (Å²) in [6.07, 6.45) is 1.82. The number of methoxy groups -OCH3 is 1. The number of pyridine rings is 1. The van der Waals surface area contributed by atoms with Crippen LogP contribution < -0.4 is 5.73 Å². The van der Waals surface area contributed by atoms with Gasteiger partial charge in [-0.15, -0.1) is 0 Å². The van der Waals surface area contributed by atoms with E-state index in [0.717, 1.165) is 5.56 Å². The summed E-state index contributed by atoms with van der Waals surface area (Å²) in [6.45, 7) is 1.92. The predicted octanol–water partition coefficient (Wildman–Crippen LogP) is 4.59. The lowest BCUT2D eigenvalue weighted by Gasteiger charge is -2.15. The second-order valence-electron chi connectivity index (χ2n) is 7.55. The summed E-state index contributed by atoms with van der Waals surface area (Å²) in [5, 5.41) is 0.755. The van der Waals surface area contributed by atoms with Crippen molar-refractivity contribution in [2.75, 3.05) is 20.0 Å². The van der Waals surface area contributed by atoms with Crippen molar-refractivity contribution in [3.8, 4) is 11.3 Å². The largest absolute Gasteiger partial charge is 0.465 e. The SMILES string of the molecule is CCOC(=O)c1cc2c(/C(C(=O)OC)=C(/N)c3ccccc3)nc(SC)nc2nc1-c1ccccc1. The number of aromatic nitrogens is 3. The topological polar surface area (TPSA) is 117 Å².